The van der Waals surface area contributed by atoms with Crippen LogP contribution in [0.25, 0.3) is 0 Å². The number of hydrogen-bond acceptors (Lipinski definition) is 4. The van der Waals surface area contributed by atoms with Crippen LogP contribution in [0.1, 0.15) is 11.3 Å². The van der Waals surface area contributed by atoms with Gasteiger partial charge in [0, 0.05) is 50.6 Å². The van der Waals surface area contributed by atoms with Gasteiger partial charge in [-0.05, 0) is 30.0 Å². The van der Waals surface area contributed by atoms with E-state index < -0.39 is 5.82 Å². The normalized spacial score (nSPS) is 16.0. The van der Waals surface area contributed by atoms with Crippen molar-refractivity contribution in [2.45, 2.75) is 12.8 Å². The summed E-state index contributed by atoms with van der Waals surface area (Å²) < 4.78 is 13.5. The van der Waals surface area contributed by atoms with Crippen LogP contribution >= 0.6 is 11.3 Å². The molecule has 134 valence electrons. The van der Waals surface area contributed by atoms with Gasteiger partial charge in [0.05, 0.1) is 5.69 Å². The molecule has 1 aromatic carbocycles. The number of carbonyl (C=O) groups excluding carboxylic acids is 1. The van der Waals surface area contributed by atoms with Gasteiger partial charge in [-0.2, -0.15) is 0 Å². The Kier molecular flexibility index (Phi) is 6.55. The van der Waals surface area contributed by atoms with Crippen LogP contribution in [0, 0.1) is 5.82 Å². The molecular weight excluding hydrogens is 337 g/mol. The van der Waals surface area contributed by atoms with Crippen molar-refractivity contribution >= 4 is 22.9 Å². The monoisotopic (exact) mass is 361 g/mol. The third kappa shape index (κ3) is 5.63. The largest absolute Gasteiger partial charge is 0.324 e. The molecule has 0 spiro atoms. The van der Waals surface area contributed by atoms with Crippen molar-refractivity contribution < 1.29 is 9.18 Å². The summed E-state index contributed by atoms with van der Waals surface area (Å²) >= 11 is 1.82. The van der Waals surface area contributed by atoms with Gasteiger partial charge in [-0.15, -0.1) is 11.3 Å². The number of piperazine rings is 1. The second kappa shape index (κ2) is 9.08. The molecule has 1 aliphatic rings. The molecule has 3 rings (SSSR count). The fourth-order valence-corrected chi connectivity index (χ4v) is 3.69. The molecule has 25 heavy (non-hydrogen) atoms. The summed E-state index contributed by atoms with van der Waals surface area (Å²) in [6.07, 6.45) is 1.51. The molecule has 0 radical (unpaired) electrons. The Morgan fingerprint density at radius 3 is 2.44 bits per heavy atom. The molecule has 0 saturated carbocycles. The van der Waals surface area contributed by atoms with Gasteiger partial charge in [-0.1, -0.05) is 18.2 Å². The molecule has 0 unspecified atom stereocenters. The summed E-state index contributed by atoms with van der Waals surface area (Å²) in [5.74, 6) is -0.527. The third-order valence-electron chi connectivity index (χ3n) is 4.52. The van der Waals surface area contributed by atoms with Crippen LogP contribution in [-0.2, 0) is 11.2 Å². The molecular formula is C19H24FN3OS. The Morgan fingerprint density at radius 1 is 1.04 bits per heavy atom. The van der Waals surface area contributed by atoms with E-state index in [1.807, 2.05) is 11.3 Å². The number of amides is 1. The van der Waals surface area contributed by atoms with E-state index in [9.17, 15) is 9.18 Å². The molecule has 1 fully saturated rings. The third-order valence-corrected chi connectivity index (χ3v) is 5.46. The van der Waals surface area contributed by atoms with Crippen molar-refractivity contribution in [3.63, 3.8) is 0 Å². The maximum Gasteiger partial charge on any atom is 0.225 e. The number of thiophene rings is 1. The van der Waals surface area contributed by atoms with E-state index >= 15 is 0 Å². The van der Waals surface area contributed by atoms with Crippen LogP contribution < -0.4 is 5.32 Å². The predicted molar refractivity (Wildman–Crippen MR) is 101 cm³/mol. The average molecular weight is 361 g/mol. The lowest BCUT2D eigenvalue weighted by atomic mass is 10.2. The number of anilines is 1. The van der Waals surface area contributed by atoms with Crippen molar-refractivity contribution in [2.24, 2.45) is 0 Å². The van der Waals surface area contributed by atoms with Crippen molar-refractivity contribution in [2.75, 3.05) is 44.6 Å². The number of nitrogens with one attached hydrogen (secondary N) is 1. The van der Waals surface area contributed by atoms with E-state index in [0.29, 0.717) is 6.42 Å². The molecule has 2 heterocycles. The molecule has 2 aromatic rings. The van der Waals surface area contributed by atoms with Crippen LogP contribution in [0.15, 0.2) is 41.8 Å². The average Bonchev–Trinajstić information content (AvgIpc) is 3.15. The molecule has 1 aliphatic heterocycles. The van der Waals surface area contributed by atoms with Gasteiger partial charge in [0.15, 0.2) is 0 Å². The first-order valence-electron chi connectivity index (χ1n) is 8.72. The molecule has 0 bridgehead atoms. The van der Waals surface area contributed by atoms with Gasteiger partial charge in [0.2, 0.25) is 5.91 Å². The Morgan fingerprint density at radius 2 is 1.76 bits per heavy atom. The SMILES string of the molecule is O=C(CCN1CCN(CCc2cccs2)CC1)Nc1ccccc1F. The van der Waals surface area contributed by atoms with Gasteiger partial charge in [0.1, 0.15) is 5.82 Å². The second-order valence-corrected chi connectivity index (χ2v) is 7.32. The first kappa shape index (κ1) is 18.0. The Balaban J connectivity index is 1.33. The molecule has 4 nitrogen and oxygen atoms in total. The maximum absolute atomic E-state index is 13.5. The van der Waals surface area contributed by atoms with Gasteiger partial charge >= 0.3 is 0 Å². The lowest BCUT2D eigenvalue weighted by Gasteiger charge is -2.34. The standard InChI is InChI=1S/C19H24FN3OS/c20-17-5-1-2-6-18(17)21-19(24)8-10-23-13-11-22(12-14-23)9-7-16-4-3-15-25-16/h1-6,15H,7-14H2,(H,21,24). The second-order valence-electron chi connectivity index (χ2n) is 6.29. The fraction of sp³-hybridized carbons (Fsp3) is 0.421. The van der Waals surface area contributed by atoms with Gasteiger partial charge in [-0.3, -0.25) is 4.79 Å². The number of benzene rings is 1. The zero-order valence-electron chi connectivity index (χ0n) is 14.3. The van der Waals surface area contributed by atoms with E-state index in [2.05, 4.69) is 32.6 Å². The highest BCUT2D eigenvalue weighted by molar-refractivity contribution is 7.09. The topological polar surface area (TPSA) is 35.6 Å². The molecule has 1 amide bonds. The maximum atomic E-state index is 13.5. The number of para-hydroxylation sites is 1. The van der Waals surface area contributed by atoms with Crippen molar-refractivity contribution in [3.8, 4) is 0 Å². The van der Waals surface area contributed by atoms with Crippen LogP contribution in [0.3, 0.4) is 0 Å². The Labute approximate surface area is 152 Å². The summed E-state index contributed by atoms with van der Waals surface area (Å²) in [6, 6.07) is 10.6. The number of nitrogens with zero attached hydrogens (tertiary/aromatic N) is 2. The molecule has 1 saturated heterocycles. The first-order chi connectivity index (χ1) is 12.2. The summed E-state index contributed by atoms with van der Waals surface area (Å²) in [7, 11) is 0. The van der Waals surface area contributed by atoms with Gasteiger partial charge in [0.25, 0.3) is 0 Å². The zero-order chi connectivity index (χ0) is 17.5. The highest BCUT2D eigenvalue weighted by Gasteiger charge is 2.17. The fourth-order valence-electron chi connectivity index (χ4n) is 2.99. The summed E-state index contributed by atoms with van der Waals surface area (Å²) in [4.78, 5) is 18.2. The predicted octanol–water partition coefficient (Wildman–Crippen LogP) is 3.08. The molecule has 0 atom stereocenters. The van der Waals surface area contributed by atoms with Gasteiger partial charge in [-0.25, -0.2) is 4.39 Å². The summed E-state index contributed by atoms with van der Waals surface area (Å²) in [6.45, 7) is 5.87. The number of halogens is 1. The minimum absolute atomic E-state index is 0.134. The summed E-state index contributed by atoms with van der Waals surface area (Å²) in [5.41, 5.74) is 0.255. The Bertz CT molecular complexity index is 669. The quantitative estimate of drug-likeness (QED) is 0.823. The lowest BCUT2D eigenvalue weighted by molar-refractivity contribution is -0.116. The molecule has 1 aromatic heterocycles. The van der Waals surface area contributed by atoms with Crippen LogP contribution in [0.5, 0.6) is 0 Å². The highest BCUT2D eigenvalue weighted by Crippen LogP contribution is 2.13. The molecule has 0 aliphatic carbocycles. The van der Waals surface area contributed by atoms with Crippen LogP contribution in [0.4, 0.5) is 10.1 Å². The van der Waals surface area contributed by atoms with E-state index in [4.69, 9.17) is 0 Å². The van der Waals surface area contributed by atoms with Crippen LogP contribution in [-0.4, -0.2) is 55.0 Å². The lowest BCUT2D eigenvalue weighted by Crippen LogP contribution is -2.47. The smallest absolute Gasteiger partial charge is 0.225 e. The van der Waals surface area contributed by atoms with Crippen molar-refractivity contribution in [1.29, 1.82) is 0 Å². The van der Waals surface area contributed by atoms with Crippen molar-refractivity contribution in [1.82, 2.24) is 9.80 Å². The number of hydrogen-bond donors (Lipinski definition) is 1. The van der Waals surface area contributed by atoms with E-state index in [-0.39, 0.29) is 11.6 Å². The molecule has 1 N–H and O–H groups in total. The van der Waals surface area contributed by atoms with Crippen molar-refractivity contribution in [3.05, 3.63) is 52.5 Å². The van der Waals surface area contributed by atoms with Gasteiger partial charge < -0.3 is 15.1 Å². The van der Waals surface area contributed by atoms with Crippen LogP contribution in [0.2, 0.25) is 0 Å². The zero-order valence-corrected chi connectivity index (χ0v) is 15.1. The van der Waals surface area contributed by atoms with E-state index in [1.54, 1.807) is 18.2 Å². The van der Waals surface area contributed by atoms with E-state index in [1.165, 1.54) is 10.9 Å². The number of rotatable bonds is 7. The first-order valence-corrected chi connectivity index (χ1v) is 9.60. The minimum Gasteiger partial charge on any atom is -0.324 e. The minimum atomic E-state index is -0.393. The molecule has 6 heteroatoms. The van der Waals surface area contributed by atoms with E-state index in [0.717, 1.165) is 45.7 Å². The Hall–Kier alpha value is -1.76. The highest BCUT2D eigenvalue weighted by atomic mass is 32.1. The number of carbonyl (C=O) groups is 1. The summed E-state index contributed by atoms with van der Waals surface area (Å²) in [5, 5.41) is 4.77.